The maximum atomic E-state index is 2.12. The third-order valence-corrected chi connectivity index (χ3v) is 2.82. The summed E-state index contributed by atoms with van der Waals surface area (Å²) in [5.74, 6) is 0. The summed E-state index contributed by atoms with van der Waals surface area (Å²) in [5, 5.41) is 0. The summed E-state index contributed by atoms with van der Waals surface area (Å²) in [5.41, 5.74) is 3.87. The molecule has 0 nitrogen and oxygen atoms in total. The largest absolute Gasteiger partial charge is 0.0683 e. The van der Waals surface area contributed by atoms with Gasteiger partial charge in [-0.1, -0.05) is 110 Å². The van der Waals surface area contributed by atoms with E-state index in [9.17, 15) is 0 Å². The van der Waals surface area contributed by atoms with E-state index in [0.29, 0.717) is 0 Å². The van der Waals surface area contributed by atoms with Crippen LogP contribution in [0.1, 0.15) is 19.4 Å². The van der Waals surface area contributed by atoms with Gasteiger partial charge in [0.05, 0.1) is 0 Å². The molecule has 0 fully saturated rings. The minimum absolute atomic E-state index is 1.28. The average molecular weight is 276 g/mol. The fraction of sp³-hybridized carbons (Fsp3) is 0.143. The summed E-state index contributed by atoms with van der Waals surface area (Å²) in [6, 6.07) is 31.0. The van der Waals surface area contributed by atoms with Gasteiger partial charge in [-0.3, -0.25) is 0 Å². The van der Waals surface area contributed by atoms with Crippen LogP contribution in [0.5, 0.6) is 0 Å². The molecule has 3 aromatic carbocycles. The van der Waals surface area contributed by atoms with Gasteiger partial charge >= 0.3 is 0 Å². The molecule has 3 rings (SSSR count). The van der Waals surface area contributed by atoms with Crippen molar-refractivity contribution in [1.29, 1.82) is 0 Å². The molecule has 0 bridgehead atoms. The molecule has 0 radical (unpaired) electrons. The lowest BCUT2D eigenvalue weighted by Gasteiger charge is -1.98. The molecule has 0 atom stereocenters. The summed E-state index contributed by atoms with van der Waals surface area (Å²) in [6.07, 6.45) is 0. The van der Waals surface area contributed by atoms with Gasteiger partial charge in [-0.05, 0) is 18.1 Å². The van der Waals surface area contributed by atoms with Crippen molar-refractivity contribution in [3.8, 4) is 11.1 Å². The molecule has 0 aliphatic heterocycles. The highest BCUT2D eigenvalue weighted by molar-refractivity contribution is 5.62. The molecule has 0 amide bonds. The highest BCUT2D eigenvalue weighted by Crippen LogP contribution is 2.17. The normalized spacial score (nSPS) is 8.71. The maximum absolute atomic E-state index is 2.12. The topological polar surface area (TPSA) is 0 Å². The Bertz CT molecular complexity index is 531. The minimum atomic E-state index is 1.28. The van der Waals surface area contributed by atoms with Crippen LogP contribution >= 0.6 is 0 Å². The second-order valence-corrected chi connectivity index (χ2v) is 4.39. The van der Waals surface area contributed by atoms with Crippen LogP contribution in [0.25, 0.3) is 11.1 Å². The standard InChI is InChI=1S/C12H10.C7H8.C2H6/c1-3-7-11(8-4-1)12-9-5-2-6-10-12;1-7-5-3-2-4-6-7;1-2/h1-10H;2-6H,1H3;1-2H3. The molecule has 108 valence electrons. The Hall–Kier alpha value is -2.34. The average Bonchev–Trinajstić information content (AvgIpc) is 2.60. The van der Waals surface area contributed by atoms with Crippen LogP contribution in [0.3, 0.4) is 0 Å². The van der Waals surface area contributed by atoms with E-state index in [1.165, 1.54) is 16.7 Å². The van der Waals surface area contributed by atoms with E-state index < -0.39 is 0 Å². The van der Waals surface area contributed by atoms with Crippen LogP contribution in [0.15, 0.2) is 91.0 Å². The number of aryl methyl sites for hydroxylation is 1. The first-order valence-corrected chi connectivity index (χ1v) is 7.48. The van der Waals surface area contributed by atoms with Gasteiger partial charge in [-0.25, -0.2) is 0 Å². The van der Waals surface area contributed by atoms with Gasteiger partial charge < -0.3 is 0 Å². The molecule has 0 spiro atoms. The van der Waals surface area contributed by atoms with Crippen LogP contribution in [0, 0.1) is 6.92 Å². The Kier molecular flexibility index (Phi) is 8.32. The molecule has 0 aliphatic rings. The summed E-state index contributed by atoms with van der Waals surface area (Å²) in [6.45, 7) is 6.08. The Labute approximate surface area is 129 Å². The molecule has 0 unspecified atom stereocenters. The monoisotopic (exact) mass is 276 g/mol. The van der Waals surface area contributed by atoms with Crippen molar-refractivity contribution < 1.29 is 0 Å². The Morgan fingerprint density at radius 2 is 0.714 bits per heavy atom. The Morgan fingerprint density at radius 1 is 0.429 bits per heavy atom. The van der Waals surface area contributed by atoms with E-state index >= 15 is 0 Å². The van der Waals surface area contributed by atoms with Gasteiger partial charge in [-0.2, -0.15) is 0 Å². The predicted molar refractivity (Wildman–Crippen MR) is 94.4 cm³/mol. The molecule has 0 saturated heterocycles. The SMILES string of the molecule is CC.Cc1ccccc1.c1ccc(-c2ccccc2)cc1. The van der Waals surface area contributed by atoms with Crippen molar-refractivity contribution in [2.24, 2.45) is 0 Å². The molecule has 0 N–H and O–H groups in total. The zero-order chi connectivity index (χ0) is 15.3. The molecular formula is C21H24. The molecule has 3 aromatic rings. The van der Waals surface area contributed by atoms with Gasteiger partial charge in [0, 0.05) is 0 Å². The summed E-state index contributed by atoms with van der Waals surface area (Å²) in [4.78, 5) is 0. The summed E-state index contributed by atoms with van der Waals surface area (Å²) < 4.78 is 0. The van der Waals surface area contributed by atoms with Crippen LogP contribution in [-0.2, 0) is 0 Å². The van der Waals surface area contributed by atoms with Crippen LogP contribution in [0.4, 0.5) is 0 Å². The third-order valence-electron chi connectivity index (χ3n) is 2.82. The summed E-state index contributed by atoms with van der Waals surface area (Å²) >= 11 is 0. The van der Waals surface area contributed by atoms with Crippen LogP contribution < -0.4 is 0 Å². The van der Waals surface area contributed by atoms with Crippen molar-refractivity contribution in [2.45, 2.75) is 20.8 Å². The van der Waals surface area contributed by atoms with Gasteiger partial charge in [0.1, 0.15) is 0 Å². The lowest BCUT2D eigenvalue weighted by Crippen LogP contribution is -1.73. The third kappa shape index (κ3) is 6.58. The Balaban J connectivity index is 0.000000210. The van der Waals surface area contributed by atoms with E-state index in [2.05, 4.69) is 67.6 Å². The second kappa shape index (κ2) is 10.4. The van der Waals surface area contributed by atoms with E-state index in [1.807, 2.05) is 44.2 Å². The maximum Gasteiger partial charge on any atom is -0.0184 e. The number of hydrogen-bond donors (Lipinski definition) is 0. The Morgan fingerprint density at radius 3 is 0.952 bits per heavy atom. The molecule has 0 heteroatoms. The van der Waals surface area contributed by atoms with Crippen molar-refractivity contribution in [3.05, 3.63) is 96.6 Å². The fourth-order valence-corrected chi connectivity index (χ4v) is 1.80. The van der Waals surface area contributed by atoms with E-state index in [4.69, 9.17) is 0 Å². The van der Waals surface area contributed by atoms with Gasteiger partial charge in [-0.15, -0.1) is 0 Å². The van der Waals surface area contributed by atoms with Crippen molar-refractivity contribution in [3.63, 3.8) is 0 Å². The van der Waals surface area contributed by atoms with Crippen molar-refractivity contribution in [1.82, 2.24) is 0 Å². The lowest BCUT2D eigenvalue weighted by atomic mass is 10.1. The smallest absolute Gasteiger partial charge is 0.0184 e. The molecule has 0 aromatic heterocycles. The second-order valence-electron chi connectivity index (χ2n) is 4.39. The number of hydrogen-bond acceptors (Lipinski definition) is 0. The van der Waals surface area contributed by atoms with Crippen LogP contribution in [-0.4, -0.2) is 0 Å². The highest BCUT2D eigenvalue weighted by Gasteiger charge is 1.91. The molecule has 0 saturated carbocycles. The van der Waals surface area contributed by atoms with Gasteiger partial charge in [0.25, 0.3) is 0 Å². The van der Waals surface area contributed by atoms with E-state index in [1.54, 1.807) is 0 Å². The van der Waals surface area contributed by atoms with Gasteiger partial charge in [0.2, 0.25) is 0 Å². The quantitative estimate of drug-likeness (QED) is 0.484. The van der Waals surface area contributed by atoms with Crippen molar-refractivity contribution >= 4 is 0 Å². The lowest BCUT2D eigenvalue weighted by molar-refractivity contribution is 1.48. The van der Waals surface area contributed by atoms with Crippen LogP contribution in [0.2, 0.25) is 0 Å². The number of benzene rings is 3. The molecule has 0 aliphatic carbocycles. The first-order chi connectivity index (χ1) is 10.4. The zero-order valence-electron chi connectivity index (χ0n) is 13.2. The highest BCUT2D eigenvalue weighted by atomic mass is 14.0. The predicted octanol–water partition coefficient (Wildman–Crippen LogP) is 6.37. The van der Waals surface area contributed by atoms with E-state index in [-0.39, 0.29) is 0 Å². The first-order valence-electron chi connectivity index (χ1n) is 7.48. The molecular weight excluding hydrogens is 252 g/mol. The molecule has 0 heterocycles. The summed E-state index contributed by atoms with van der Waals surface area (Å²) in [7, 11) is 0. The number of rotatable bonds is 1. The minimum Gasteiger partial charge on any atom is -0.0683 e. The van der Waals surface area contributed by atoms with Crippen molar-refractivity contribution in [2.75, 3.05) is 0 Å². The van der Waals surface area contributed by atoms with Gasteiger partial charge in [0.15, 0.2) is 0 Å². The zero-order valence-corrected chi connectivity index (χ0v) is 13.2. The molecule has 21 heavy (non-hydrogen) atoms. The first kappa shape index (κ1) is 16.7. The van der Waals surface area contributed by atoms with E-state index in [0.717, 1.165) is 0 Å². The fourth-order valence-electron chi connectivity index (χ4n) is 1.80.